The highest BCUT2D eigenvalue weighted by Crippen LogP contribution is 2.12. The number of aromatic amines is 1. The SMILES string of the molecule is CONCc1ccc2[nH]ncc2c1. The van der Waals surface area contributed by atoms with Crippen molar-refractivity contribution in [1.82, 2.24) is 15.7 Å². The average molecular weight is 177 g/mol. The van der Waals surface area contributed by atoms with Gasteiger partial charge in [-0.25, -0.2) is 0 Å². The highest BCUT2D eigenvalue weighted by molar-refractivity contribution is 5.78. The number of hydrogen-bond acceptors (Lipinski definition) is 3. The van der Waals surface area contributed by atoms with Crippen LogP contribution in [0, 0.1) is 0 Å². The molecule has 68 valence electrons. The zero-order valence-electron chi connectivity index (χ0n) is 7.37. The molecule has 0 radical (unpaired) electrons. The molecule has 0 fully saturated rings. The minimum atomic E-state index is 0.706. The smallest absolute Gasteiger partial charge is 0.0650 e. The lowest BCUT2D eigenvalue weighted by Gasteiger charge is -2.01. The summed E-state index contributed by atoms with van der Waals surface area (Å²) in [5, 5.41) is 7.97. The van der Waals surface area contributed by atoms with Crippen molar-refractivity contribution in [3.63, 3.8) is 0 Å². The van der Waals surface area contributed by atoms with E-state index in [2.05, 4.69) is 21.7 Å². The lowest BCUT2D eigenvalue weighted by molar-refractivity contribution is 0.0867. The maximum atomic E-state index is 4.77. The number of rotatable bonds is 3. The Morgan fingerprint density at radius 2 is 2.46 bits per heavy atom. The highest BCUT2D eigenvalue weighted by Gasteiger charge is 1.96. The highest BCUT2D eigenvalue weighted by atomic mass is 16.6. The summed E-state index contributed by atoms with van der Waals surface area (Å²) in [6.07, 6.45) is 1.81. The molecule has 13 heavy (non-hydrogen) atoms. The minimum Gasteiger partial charge on any atom is -0.305 e. The monoisotopic (exact) mass is 177 g/mol. The molecule has 2 N–H and O–H groups in total. The van der Waals surface area contributed by atoms with Gasteiger partial charge in [-0.05, 0) is 17.7 Å². The molecule has 1 aromatic carbocycles. The Labute approximate surface area is 75.9 Å². The molecule has 4 heteroatoms. The normalized spacial score (nSPS) is 10.8. The lowest BCUT2D eigenvalue weighted by Crippen LogP contribution is -2.10. The second-order valence-corrected chi connectivity index (χ2v) is 2.82. The van der Waals surface area contributed by atoms with Crippen LogP contribution in [0.3, 0.4) is 0 Å². The summed E-state index contributed by atoms with van der Waals surface area (Å²) in [5.74, 6) is 0. The molecule has 2 aromatic rings. The molecule has 1 aromatic heterocycles. The Bertz CT molecular complexity index is 396. The van der Waals surface area contributed by atoms with Crippen molar-refractivity contribution < 1.29 is 4.84 Å². The van der Waals surface area contributed by atoms with E-state index >= 15 is 0 Å². The number of aromatic nitrogens is 2. The van der Waals surface area contributed by atoms with Crippen molar-refractivity contribution in [3.05, 3.63) is 30.0 Å². The first-order valence-electron chi connectivity index (χ1n) is 4.08. The van der Waals surface area contributed by atoms with Crippen molar-refractivity contribution in [1.29, 1.82) is 0 Å². The molecule has 0 spiro atoms. The van der Waals surface area contributed by atoms with E-state index < -0.39 is 0 Å². The Morgan fingerprint density at radius 1 is 1.54 bits per heavy atom. The van der Waals surface area contributed by atoms with Gasteiger partial charge in [0.05, 0.1) is 18.8 Å². The first kappa shape index (κ1) is 8.22. The van der Waals surface area contributed by atoms with E-state index in [1.165, 1.54) is 5.56 Å². The first-order chi connectivity index (χ1) is 6.40. The van der Waals surface area contributed by atoms with E-state index in [1.807, 2.05) is 18.3 Å². The third kappa shape index (κ3) is 1.68. The van der Waals surface area contributed by atoms with E-state index in [1.54, 1.807) is 7.11 Å². The van der Waals surface area contributed by atoms with Crippen LogP contribution in [0.25, 0.3) is 10.9 Å². The number of nitrogens with zero attached hydrogens (tertiary/aromatic N) is 1. The van der Waals surface area contributed by atoms with E-state index in [0.29, 0.717) is 6.54 Å². The van der Waals surface area contributed by atoms with Crippen LogP contribution >= 0.6 is 0 Å². The van der Waals surface area contributed by atoms with Crippen LogP contribution in [0.5, 0.6) is 0 Å². The Kier molecular flexibility index (Phi) is 2.25. The maximum Gasteiger partial charge on any atom is 0.0650 e. The Morgan fingerprint density at radius 3 is 3.31 bits per heavy atom. The van der Waals surface area contributed by atoms with E-state index in [-0.39, 0.29) is 0 Å². The van der Waals surface area contributed by atoms with Gasteiger partial charge in [0.15, 0.2) is 0 Å². The summed E-state index contributed by atoms with van der Waals surface area (Å²) < 4.78 is 0. The maximum absolute atomic E-state index is 4.77. The van der Waals surface area contributed by atoms with Crippen LogP contribution in [0.15, 0.2) is 24.4 Å². The number of nitrogens with one attached hydrogen (secondary N) is 2. The molecule has 2 rings (SSSR count). The van der Waals surface area contributed by atoms with Gasteiger partial charge in [0.2, 0.25) is 0 Å². The van der Waals surface area contributed by atoms with Crippen molar-refractivity contribution in [2.75, 3.05) is 7.11 Å². The molecular formula is C9H11N3O. The number of hydrogen-bond donors (Lipinski definition) is 2. The summed E-state index contributed by atoms with van der Waals surface area (Å²) in [6, 6.07) is 6.12. The molecule has 0 unspecified atom stereocenters. The topological polar surface area (TPSA) is 49.9 Å². The quantitative estimate of drug-likeness (QED) is 0.693. The third-order valence-corrected chi connectivity index (χ3v) is 1.93. The molecule has 0 saturated carbocycles. The fourth-order valence-electron chi connectivity index (χ4n) is 1.26. The summed E-state index contributed by atoms with van der Waals surface area (Å²) in [5.41, 5.74) is 5.02. The summed E-state index contributed by atoms with van der Waals surface area (Å²) in [7, 11) is 1.61. The summed E-state index contributed by atoms with van der Waals surface area (Å²) in [6.45, 7) is 0.706. The average Bonchev–Trinajstić information content (AvgIpc) is 2.61. The number of hydroxylamine groups is 1. The van der Waals surface area contributed by atoms with Crippen LogP contribution in [-0.4, -0.2) is 17.3 Å². The Balaban J connectivity index is 2.26. The van der Waals surface area contributed by atoms with Crippen molar-refractivity contribution >= 4 is 10.9 Å². The van der Waals surface area contributed by atoms with Crippen LogP contribution in [0.2, 0.25) is 0 Å². The molecule has 0 aliphatic carbocycles. The van der Waals surface area contributed by atoms with Crippen LogP contribution in [0.1, 0.15) is 5.56 Å². The predicted molar refractivity (Wildman–Crippen MR) is 49.9 cm³/mol. The fraction of sp³-hybridized carbons (Fsp3) is 0.222. The van der Waals surface area contributed by atoms with Gasteiger partial charge in [-0.3, -0.25) is 5.10 Å². The molecule has 0 saturated heterocycles. The van der Waals surface area contributed by atoms with Crippen LogP contribution < -0.4 is 5.48 Å². The second-order valence-electron chi connectivity index (χ2n) is 2.82. The molecule has 0 atom stereocenters. The van der Waals surface area contributed by atoms with E-state index in [0.717, 1.165) is 10.9 Å². The van der Waals surface area contributed by atoms with Crippen molar-refractivity contribution in [2.45, 2.75) is 6.54 Å². The zero-order chi connectivity index (χ0) is 9.10. The summed E-state index contributed by atoms with van der Waals surface area (Å²) in [4.78, 5) is 4.77. The fourth-order valence-corrected chi connectivity index (χ4v) is 1.26. The van der Waals surface area contributed by atoms with Gasteiger partial charge in [0.1, 0.15) is 0 Å². The predicted octanol–water partition coefficient (Wildman–Crippen LogP) is 1.21. The van der Waals surface area contributed by atoms with Gasteiger partial charge in [0, 0.05) is 11.9 Å². The van der Waals surface area contributed by atoms with Gasteiger partial charge >= 0.3 is 0 Å². The molecule has 0 amide bonds. The van der Waals surface area contributed by atoms with Crippen molar-refractivity contribution in [2.24, 2.45) is 0 Å². The first-order valence-corrected chi connectivity index (χ1v) is 4.08. The molecule has 0 bridgehead atoms. The molecule has 0 aliphatic rings. The molecular weight excluding hydrogens is 166 g/mol. The molecule has 1 heterocycles. The lowest BCUT2D eigenvalue weighted by atomic mass is 10.2. The number of H-pyrrole nitrogens is 1. The van der Waals surface area contributed by atoms with Gasteiger partial charge < -0.3 is 4.84 Å². The van der Waals surface area contributed by atoms with Gasteiger partial charge in [-0.2, -0.15) is 10.6 Å². The van der Waals surface area contributed by atoms with Crippen LogP contribution in [-0.2, 0) is 11.4 Å². The third-order valence-electron chi connectivity index (χ3n) is 1.93. The minimum absolute atomic E-state index is 0.706. The van der Waals surface area contributed by atoms with Gasteiger partial charge in [-0.15, -0.1) is 0 Å². The molecule has 4 nitrogen and oxygen atoms in total. The molecule has 0 aliphatic heterocycles. The number of fused-ring (bicyclic) bond motifs is 1. The zero-order valence-corrected chi connectivity index (χ0v) is 7.37. The van der Waals surface area contributed by atoms with E-state index in [4.69, 9.17) is 4.84 Å². The van der Waals surface area contributed by atoms with Crippen molar-refractivity contribution in [3.8, 4) is 0 Å². The van der Waals surface area contributed by atoms with Gasteiger partial charge in [0.25, 0.3) is 0 Å². The van der Waals surface area contributed by atoms with Crippen LogP contribution in [0.4, 0.5) is 0 Å². The summed E-state index contributed by atoms with van der Waals surface area (Å²) >= 11 is 0. The van der Waals surface area contributed by atoms with Gasteiger partial charge in [-0.1, -0.05) is 6.07 Å². The second kappa shape index (κ2) is 3.55. The standard InChI is InChI=1S/C9H11N3O/c1-13-11-5-7-2-3-9-8(4-7)6-10-12-9/h2-4,6,11H,5H2,1H3,(H,10,12). The number of benzene rings is 1. The Hall–Kier alpha value is -1.39. The van der Waals surface area contributed by atoms with E-state index in [9.17, 15) is 0 Å². The largest absolute Gasteiger partial charge is 0.305 e.